The standard InChI is InChI=1S/C19H11ClF2N2O4S/c20-13-3-4-16-12(6-13)7-17(11-2-1-5-23(26)10-11)24(16)29(27,28)18-9-14(21)8-15(22)19(18)25/h1-10H,(H-,25,26)/p+1. The van der Waals surface area contributed by atoms with E-state index < -0.39 is 32.3 Å². The Morgan fingerprint density at radius 1 is 1.07 bits per heavy atom. The molecule has 4 rings (SSSR count). The Hall–Kier alpha value is -3.17. The van der Waals surface area contributed by atoms with Gasteiger partial charge < -0.3 is 5.11 Å². The predicted octanol–water partition coefficient (Wildman–Crippen LogP) is 3.71. The summed E-state index contributed by atoms with van der Waals surface area (Å²) in [5.74, 6) is -3.76. The number of aromatic hydroxyl groups is 1. The number of benzene rings is 2. The minimum Gasteiger partial charge on any atom is -0.504 e. The van der Waals surface area contributed by atoms with E-state index in [0.717, 1.165) is 8.70 Å². The average Bonchev–Trinajstić information content (AvgIpc) is 3.04. The van der Waals surface area contributed by atoms with Crippen molar-refractivity contribution in [1.82, 2.24) is 3.97 Å². The molecule has 0 saturated heterocycles. The molecule has 4 aromatic rings. The van der Waals surface area contributed by atoms with E-state index in [1.54, 1.807) is 6.07 Å². The van der Waals surface area contributed by atoms with E-state index in [2.05, 4.69) is 0 Å². The molecule has 10 heteroatoms. The molecular formula is C19H12ClF2N2O4S+. The van der Waals surface area contributed by atoms with E-state index in [9.17, 15) is 27.5 Å². The Morgan fingerprint density at radius 2 is 1.83 bits per heavy atom. The smallest absolute Gasteiger partial charge is 0.272 e. The highest BCUT2D eigenvalue weighted by Crippen LogP contribution is 2.36. The number of phenols is 1. The van der Waals surface area contributed by atoms with Crippen molar-refractivity contribution in [3.63, 3.8) is 0 Å². The SMILES string of the molecule is O=S(=O)(c1cc(F)cc(F)c1O)n1c(-c2ccc[n+](O)c2)cc2cc(Cl)ccc21. The van der Waals surface area contributed by atoms with Crippen molar-refractivity contribution >= 4 is 32.5 Å². The molecule has 148 valence electrons. The van der Waals surface area contributed by atoms with Crippen LogP contribution in [-0.2, 0) is 10.0 Å². The first-order valence-corrected chi connectivity index (χ1v) is 9.96. The van der Waals surface area contributed by atoms with Crippen LogP contribution in [0.2, 0.25) is 5.02 Å². The van der Waals surface area contributed by atoms with Gasteiger partial charge in [0, 0.05) is 27.3 Å². The Labute approximate surface area is 168 Å². The molecule has 0 saturated carbocycles. The van der Waals surface area contributed by atoms with Crippen LogP contribution in [0.15, 0.2) is 65.8 Å². The summed E-state index contributed by atoms with van der Waals surface area (Å²) in [5, 5.41) is 20.5. The van der Waals surface area contributed by atoms with Crippen LogP contribution >= 0.6 is 11.6 Å². The Kier molecular flexibility index (Phi) is 4.44. The van der Waals surface area contributed by atoms with Crippen molar-refractivity contribution < 1.29 is 32.2 Å². The number of pyridine rings is 1. The van der Waals surface area contributed by atoms with Gasteiger partial charge in [-0.2, -0.15) is 0 Å². The molecule has 0 radical (unpaired) electrons. The van der Waals surface area contributed by atoms with E-state index in [1.165, 1.54) is 42.7 Å². The molecule has 0 amide bonds. The number of aromatic nitrogens is 2. The topological polar surface area (TPSA) is 83.4 Å². The molecule has 0 unspecified atom stereocenters. The van der Waals surface area contributed by atoms with E-state index in [1.807, 2.05) is 0 Å². The van der Waals surface area contributed by atoms with Crippen LogP contribution < -0.4 is 4.73 Å². The molecule has 6 nitrogen and oxygen atoms in total. The van der Waals surface area contributed by atoms with Gasteiger partial charge in [0.25, 0.3) is 10.0 Å². The quantitative estimate of drug-likeness (QED) is 0.378. The van der Waals surface area contributed by atoms with E-state index in [0.29, 0.717) is 28.1 Å². The predicted molar refractivity (Wildman–Crippen MR) is 100 cm³/mol. The second-order valence-corrected chi connectivity index (χ2v) is 8.40. The van der Waals surface area contributed by atoms with Gasteiger partial charge in [0.2, 0.25) is 12.4 Å². The summed E-state index contributed by atoms with van der Waals surface area (Å²) in [4.78, 5) is -0.934. The summed E-state index contributed by atoms with van der Waals surface area (Å²) in [5.41, 5.74) is 0.554. The third-order valence-electron chi connectivity index (χ3n) is 4.31. The maximum atomic E-state index is 13.8. The number of halogens is 3. The fraction of sp³-hybridized carbons (Fsp3) is 0. The fourth-order valence-corrected chi connectivity index (χ4v) is 4.90. The van der Waals surface area contributed by atoms with Crippen LogP contribution in [0.4, 0.5) is 8.78 Å². The third-order valence-corrected chi connectivity index (χ3v) is 6.29. The first-order valence-electron chi connectivity index (χ1n) is 8.14. The number of rotatable bonds is 3. The lowest BCUT2D eigenvalue weighted by atomic mass is 10.2. The van der Waals surface area contributed by atoms with Crippen molar-refractivity contribution in [2.24, 2.45) is 0 Å². The van der Waals surface area contributed by atoms with Crippen LogP contribution in [-0.4, -0.2) is 22.7 Å². The van der Waals surface area contributed by atoms with Crippen LogP contribution in [0.1, 0.15) is 0 Å². The molecule has 2 aromatic carbocycles. The van der Waals surface area contributed by atoms with Crippen LogP contribution in [0.3, 0.4) is 0 Å². The molecule has 2 N–H and O–H groups in total. The van der Waals surface area contributed by atoms with Crippen LogP contribution in [0.25, 0.3) is 22.2 Å². The number of hydrogen-bond donors (Lipinski definition) is 2. The molecule has 0 atom stereocenters. The van der Waals surface area contributed by atoms with Crippen molar-refractivity contribution in [3.8, 4) is 17.0 Å². The Balaban J connectivity index is 2.11. The van der Waals surface area contributed by atoms with Crippen molar-refractivity contribution in [2.45, 2.75) is 4.90 Å². The van der Waals surface area contributed by atoms with E-state index in [-0.39, 0.29) is 11.2 Å². The van der Waals surface area contributed by atoms with Gasteiger partial charge >= 0.3 is 0 Å². The highest BCUT2D eigenvalue weighted by atomic mass is 35.5. The third kappa shape index (κ3) is 3.18. The minimum absolute atomic E-state index is 0.0923. The molecule has 0 fully saturated rings. The molecule has 0 bridgehead atoms. The molecule has 0 aliphatic heterocycles. The summed E-state index contributed by atoms with van der Waals surface area (Å²) in [6, 6.07) is 9.86. The number of phenolic OH excluding ortho intramolecular Hbond substituents is 1. The summed E-state index contributed by atoms with van der Waals surface area (Å²) in [6.07, 6.45) is 2.59. The summed E-state index contributed by atoms with van der Waals surface area (Å²) < 4.78 is 55.9. The van der Waals surface area contributed by atoms with Crippen LogP contribution in [0, 0.1) is 11.6 Å². The van der Waals surface area contributed by atoms with Crippen LogP contribution in [0.5, 0.6) is 5.75 Å². The zero-order chi connectivity index (χ0) is 20.9. The second-order valence-electron chi connectivity index (χ2n) is 6.21. The molecule has 2 heterocycles. The zero-order valence-corrected chi connectivity index (χ0v) is 16.0. The van der Waals surface area contributed by atoms with Gasteiger partial charge in [-0.3, -0.25) is 5.21 Å². The van der Waals surface area contributed by atoms with E-state index >= 15 is 0 Å². The molecule has 29 heavy (non-hydrogen) atoms. The number of fused-ring (bicyclic) bond motifs is 1. The monoisotopic (exact) mass is 437 g/mol. The lowest BCUT2D eigenvalue weighted by molar-refractivity contribution is -0.904. The number of nitrogens with zero attached hydrogens (tertiary/aromatic N) is 2. The van der Waals surface area contributed by atoms with Gasteiger partial charge in [-0.15, -0.1) is 0 Å². The molecule has 0 aliphatic rings. The maximum Gasteiger partial charge on any atom is 0.272 e. The van der Waals surface area contributed by atoms with Gasteiger partial charge in [0.05, 0.1) is 16.8 Å². The average molecular weight is 438 g/mol. The highest BCUT2D eigenvalue weighted by Gasteiger charge is 2.29. The zero-order valence-electron chi connectivity index (χ0n) is 14.4. The largest absolute Gasteiger partial charge is 0.504 e. The lowest BCUT2D eigenvalue weighted by Crippen LogP contribution is -2.28. The lowest BCUT2D eigenvalue weighted by Gasteiger charge is -2.13. The van der Waals surface area contributed by atoms with Gasteiger partial charge in [-0.05, 0) is 36.4 Å². The van der Waals surface area contributed by atoms with Gasteiger partial charge in [0.15, 0.2) is 11.6 Å². The minimum atomic E-state index is -4.65. The van der Waals surface area contributed by atoms with Crippen molar-refractivity contribution in [3.05, 3.63) is 77.6 Å². The second kappa shape index (κ2) is 6.71. The van der Waals surface area contributed by atoms with Gasteiger partial charge in [0.1, 0.15) is 10.7 Å². The first-order chi connectivity index (χ1) is 13.7. The van der Waals surface area contributed by atoms with Crippen molar-refractivity contribution in [2.75, 3.05) is 0 Å². The van der Waals surface area contributed by atoms with Gasteiger partial charge in [-0.1, -0.05) is 11.6 Å². The number of hydrogen-bond acceptors (Lipinski definition) is 4. The van der Waals surface area contributed by atoms with Gasteiger partial charge in [-0.25, -0.2) is 21.2 Å². The fourth-order valence-electron chi connectivity index (χ4n) is 3.07. The van der Waals surface area contributed by atoms with E-state index in [4.69, 9.17) is 11.6 Å². The molecular weight excluding hydrogens is 426 g/mol. The Bertz CT molecular complexity index is 1390. The maximum absolute atomic E-state index is 13.8. The highest BCUT2D eigenvalue weighted by molar-refractivity contribution is 7.90. The summed E-state index contributed by atoms with van der Waals surface area (Å²) >= 11 is 6.01. The van der Waals surface area contributed by atoms with Crippen molar-refractivity contribution in [1.29, 1.82) is 0 Å². The molecule has 0 spiro atoms. The first kappa shape index (κ1) is 19.2. The normalized spacial score (nSPS) is 11.8. The summed E-state index contributed by atoms with van der Waals surface area (Å²) in [6.45, 7) is 0. The Morgan fingerprint density at radius 3 is 2.55 bits per heavy atom. The molecule has 0 aliphatic carbocycles. The summed E-state index contributed by atoms with van der Waals surface area (Å²) in [7, 11) is -4.65. The molecule has 2 aromatic heterocycles.